The molecule has 152 valence electrons. The molecule has 6 nitrogen and oxygen atoms in total. The van der Waals surface area contributed by atoms with E-state index in [1.807, 2.05) is 38.1 Å². The largest absolute Gasteiger partial charge is 0.491 e. The highest BCUT2D eigenvalue weighted by atomic mass is 16.5. The van der Waals surface area contributed by atoms with Crippen LogP contribution in [-0.2, 0) is 4.79 Å². The van der Waals surface area contributed by atoms with Crippen molar-refractivity contribution in [3.8, 4) is 5.75 Å². The molecule has 3 amide bonds. The molecule has 2 aromatic carbocycles. The van der Waals surface area contributed by atoms with Crippen LogP contribution in [0.2, 0.25) is 0 Å². The summed E-state index contributed by atoms with van der Waals surface area (Å²) in [5, 5.41) is 5.70. The van der Waals surface area contributed by atoms with Crippen molar-refractivity contribution in [1.29, 1.82) is 0 Å². The summed E-state index contributed by atoms with van der Waals surface area (Å²) in [6, 6.07) is 14.6. The Balaban J connectivity index is 1.57. The second-order valence-corrected chi connectivity index (χ2v) is 7.27. The van der Waals surface area contributed by atoms with Crippen molar-refractivity contribution in [2.45, 2.75) is 32.8 Å². The van der Waals surface area contributed by atoms with Gasteiger partial charge in [-0.15, -0.1) is 0 Å². The first-order valence-electron chi connectivity index (χ1n) is 9.91. The van der Waals surface area contributed by atoms with Crippen LogP contribution in [0.4, 0.5) is 16.2 Å². The number of amides is 3. The predicted octanol–water partition coefficient (Wildman–Crippen LogP) is 4.75. The Bertz CT molecular complexity index is 886. The monoisotopic (exact) mass is 393 g/mol. The number of benzene rings is 2. The van der Waals surface area contributed by atoms with Gasteiger partial charge in [-0.3, -0.25) is 4.79 Å². The minimum Gasteiger partial charge on any atom is -0.491 e. The minimum absolute atomic E-state index is 0.0933. The van der Waals surface area contributed by atoms with Gasteiger partial charge in [0.2, 0.25) is 5.91 Å². The number of rotatable bonds is 6. The third kappa shape index (κ3) is 6.38. The third-order valence-corrected chi connectivity index (χ3v) is 4.43. The number of nitrogens with zero attached hydrogens (tertiary/aromatic N) is 1. The van der Waals surface area contributed by atoms with E-state index in [2.05, 4.69) is 10.6 Å². The molecule has 0 spiro atoms. The normalized spacial score (nSPS) is 13.7. The van der Waals surface area contributed by atoms with Crippen molar-refractivity contribution in [3.05, 3.63) is 60.2 Å². The number of carbonyl (C=O) groups is 2. The number of ether oxygens (including phenoxy) is 1. The SMILES string of the molecule is CC(C)Oc1cccc(/C=C/C(=O)Nc2cccc(NC(=O)N3CCCC3)c2)c1. The molecule has 0 radical (unpaired) electrons. The highest BCUT2D eigenvalue weighted by Gasteiger charge is 2.17. The van der Waals surface area contributed by atoms with Gasteiger partial charge in [0, 0.05) is 30.5 Å². The van der Waals surface area contributed by atoms with Crippen LogP contribution in [0.5, 0.6) is 5.75 Å². The molecule has 0 atom stereocenters. The molecule has 29 heavy (non-hydrogen) atoms. The summed E-state index contributed by atoms with van der Waals surface area (Å²) < 4.78 is 5.67. The van der Waals surface area contributed by atoms with Gasteiger partial charge in [0.15, 0.2) is 0 Å². The van der Waals surface area contributed by atoms with Crippen LogP contribution in [0.1, 0.15) is 32.3 Å². The van der Waals surface area contributed by atoms with Crippen LogP contribution in [0.3, 0.4) is 0 Å². The molecular weight excluding hydrogens is 366 g/mol. The van der Waals surface area contributed by atoms with Gasteiger partial charge < -0.3 is 20.3 Å². The molecule has 2 aromatic rings. The second kappa shape index (κ2) is 9.78. The van der Waals surface area contributed by atoms with Crippen molar-refractivity contribution in [2.75, 3.05) is 23.7 Å². The van der Waals surface area contributed by atoms with E-state index in [0.717, 1.165) is 37.2 Å². The maximum Gasteiger partial charge on any atom is 0.321 e. The van der Waals surface area contributed by atoms with Gasteiger partial charge in [-0.2, -0.15) is 0 Å². The van der Waals surface area contributed by atoms with E-state index in [4.69, 9.17) is 4.74 Å². The van der Waals surface area contributed by atoms with E-state index in [9.17, 15) is 9.59 Å². The van der Waals surface area contributed by atoms with Crippen LogP contribution >= 0.6 is 0 Å². The molecule has 6 heteroatoms. The number of hydrogen-bond acceptors (Lipinski definition) is 3. The first kappa shape index (κ1) is 20.5. The van der Waals surface area contributed by atoms with Crippen molar-refractivity contribution < 1.29 is 14.3 Å². The summed E-state index contributed by atoms with van der Waals surface area (Å²) in [4.78, 5) is 26.3. The summed E-state index contributed by atoms with van der Waals surface area (Å²) >= 11 is 0. The fourth-order valence-corrected chi connectivity index (χ4v) is 3.12. The lowest BCUT2D eigenvalue weighted by atomic mass is 10.2. The molecule has 1 heterocycles. The first-order chi connectivity index (χ1) is 14.0. The molecule has 0 aliphatic carbocycles. The Kier molecular flexibility index (Phi) is 6.89. The molecule has 0 aromatic heterocycles. The number of anilines is 2. The van der Waals surface area contributed by atoms with Gasteiger partial charge in [0.1, 0.15) is 5.75 Å². The minimum atomic E-state index is -0.247. The lowest BCUT2D eigenvalue weighted by Gasteiger charge is -2.16. The maximum absolute atomic E-state index is 12.3. The summed E-state index contributed by atoms with van der Waals surface area (Å²) in [5.41, 5.74) is 2.16. The Hall–Kier alpha value is -3.28. The van der Waals surface area contributed by atoms with Crippen LogP contribution in [0.25, 0.3) is 6.08 Å². The highest BCUT2D eigenvalue weighted by Crippen LogP contribution is 2.18. The smallest absolute Gasteiger partial charge is 0.321 e. The van der Waals surface area contributed by atoms with Gasteiger partial charge in [-0.1, -0.05) is 18.2 Å². The van der Waals surface area contributed by atoms with Crippen molar-refractivity contribution in [1.82, 2.24) is 4.90 Å². The zero-order chi connectivity index (χ0) is 20.6. The summed E-state index contributed by atoms with van der Waals surface area (Å²) in [6.07, 6.45) is 5.40. The molecule has 2 N–H and O–H groups in total. The fraction of sp³-hybridized carbons (Fsp3) is 0.304. The molecular formula is C23H27N3O3. The predicted molar refractivity (Wildman–Crippen MR) is 116 cm³/mol. The number of likely N-dealkylation sites (tertiary alicyclic amines) is 1. The standard InChI is InChI=1S/C23H27N3O3/c1-17(2)29-21-10-5-7-18(15-21)11-12-22(27)24-19-8-6-9-20(16-19)25-23(28)26-13-3-4-14-26/h5-12,15-17H,3-4,13-14H2,1-2H3,(H,24,27)(H,25,28)/b12-11+. The average Bonchev–Trinajstić information content (AvgIpc) is 3.21. The van der Waals surface area contributed by atoms with E-state index in [1.54, 1.807) is 35.2 Å². The Labute approximate surface area is 171 Å². The van der Waals surface area contributed by atoms with Gasteiger partial charge in [-0.05, 0) is 68.7 Å². The quantitative estimate of drug-likeness (QED) is 0.696. The maximum atomic E-state index is 12.3. The zero-order valence-electron chi connectivity index (χ0n) is 16.9. The molecule has 0 saturated carbocycles. The molecule has 0 unspecified atom stereocenters. The summed E-state index contributed by atoms with van der Waals surface area (Å²) in [6.45, 7) is 5.52. The van der Waals surface area contributed by atoms with Crippen molar-refractivity contribution >= 4 is 29.4 Å². The molecule has 0 bridgehead atoms. The van der Waals surface area contributed by atoms with Crippen LogP contribution < -0.4 is 15.4 Å². The zero-order valence-corrected chi connectivity index (χ0v) is 16.9. The average molecular weight is 393 g/mol. The third-order valence-electron chi connectivity index (χ3n) is 4.43. The van der Waals surface area contributed by atoms with E-state index in [0.29, 0.717) is 11.4 Å². The molecule has 1 fully saturated rings. The lowest BCUT2D eigenvalue weighted by Crippen LogP contribution is -2.32. The number of nitrogens with one attached hydrogen (secondary N) is 2. The van der Waals surface area contributed by atoms with Crippen molar-refractivity contribution in [3.63, 3.8) is 0 Å². The molecule has 1 saturated heterocycles. The number of hydrogen-bond donors (Lipinski definition) is 2. The second-order valence-electron chi connectivity index (χ2n) is 7.27. The van der Waals surface area contributed by atoms with Gasteiger partial charge >= 0.3 is 6.03 Å². The Morgan fingerprint density at radius 2 is 1.69 bits per heavy atom. The van der Waals surface area contributed by atoms with Gasteiger partial charge in [-0.25, -0.2) is 4.79 Å². The molecule has 3 rings (SSSR count). The summed E-state index contributed by atoms with van der Waals surface area (Å²) in [5.74, 6) is 0.521. The van der Waals surface area contributed by atoms with Gasteiger partial charge in [0.25, 0.3) is 0 Å². The van der Waals surface area contributed by atoms with Gasteiger partial charge in [0.05, 0.1) is 6.10 Å². The van der Waals surface area contributed by atoms with E-state index in [1.165, 1.54) is 6.08 Å². The Morgan fingerprint density at radius 3 is 2.41 bits per heavy atom. The Morgan fingerprint density at radius 1 is 1.00 bits per heavy atom. The van der Waals surface area contributed by atoms with Crippen molar-refractivity contribution in [2.24, 2.45) is 0 Å². The first-order valence-corrected chi connectivity index (χ1v) is 9.91. The van der Waals surface area contributed by atoms with Crippen LogP contribution in [0, 0.1) is 0 Å². The van der Waals surface area contributed by atoms with E-state index >= 15 is 0 Å². The topological polar surface area (TPSA) is 70.7 Å². The highest BCUT2D eigenvalue weighted by molar-refractivity contribution is 6.02. The van der Waals surface area contributed by atoms with Crippen LogP contribution in [-0.4, -0.2) is 36.0 Å². The lowest BCUT2D eigenvalue weighted by molar-refractivity contribution is -0.111. The van der Waals surface area contributed by atoms with E-state index in [-0.39, 0.29) is 18.0 Å². The number of carbonyl (C=O) groups excluding carboxylic acids is 2. The van der Waals surface area contributed by atoms with E-state index < -0.39 is 0 Å². The molecule has 1 aliphatic heterocycles. The van der Waals surface area contributed by atoms with Crippen LogP contribution in [0.15, 0.2) is 54.6 Å². The molecule has 1 aliphatic rings. The fourth-order valence-electron chi connectivity index (χ4n) is 3.12. The summed E-state index contributed by atoms with van der Waals surface area (Å²) in [7, 11) is 0. The number of urea groups is 1.